The fourth-order valence-corrected chi connectivity index (χ4v) is 3.12. The monoisotopic (exact) mass is 327 g/mol. The van der Waals surface area contributed by atoms with Crippen LogP contribution in [-0.4, -0.2) is 22.1 Å². The third-order valence-corrected chi connectivity index (χ3v) is 4.28. The summed E-state index contributed by atoms with van der Waals surface area (Å²) in [4.78, 5) is 12.7. The topological polar surface area (TPSA) is 59.9 Å². The van der Waals surface area contributed by atoms with Crippen LogP contribution in [0.3, 0.4) is 0 Å². The van der Waals surface area contributed by atoms with Crippen molar-refractivity contribution in [2.45, 2.75) is 0 Å². The molecule has 7 heteroatoms. The molecule has 0 aliphatic carbocycles. The second-order valence-corrected chi connectivity index (χ2v) is 5.60. The zero-order chi connectivity index (χ0) is 16.7. The van der Waals surface area contributed by atoms with E-state index in [9.17, 15) is 4.39 Å². The molecule has 23 heavy (non-hydrogen) atoms. The number of nitrogens with one attached hydrogen (secondary N) is 1. The zero-order valence-electron chi connectivity index (χ0n) is 13.0. The quantitative estimate of drug-likeness (QED) is 0.613. The third-order valence-electron chi connectivity index (χ3n) is 3.48. The molecule has 2 heterocycles. The molecule has 0 bridgehead atoms. The van der Waals surface area contributed by atoms with Crippen molar-refractivity contribution in [2.75, 3.05) is 12.4 Å². The Bertz CT molecular complexity index is 1070. The maximum Gasteiger partial charge on any atom is 0.150 e. The first-order valence-corrected chi connectivity index (χ1v) is 7.59. The van der Waals surface area contributed by atoms with Crippen LogP contribution >= 0.6 is 11.3 Å². The molecule has 0 saturated carbocycles. The van der Waals surface area contributed by atoms with Crippen LogP contribution in [0.1, 0.15) is 1.37 Å². The molecule has 0 unspecified atom stereocenters. The predicted molar refractivity (Wildman–Crippen MR) is 89.0 cm³/mol. The minimum Gasteiger partial charge on any atom is -0.497 e. The first-order chi connectivity index (χ1) is 11.7. The highest BCUT2D eigenvalue weighted by molar-refractivity contribution is 7.17. The molecule has 1 N–H and O–H groups in total. The lowest BCUT2D eigenvalue weighted by molar-refractivity contribution is 0.411. The van der Waals surface area contributed by atoms with Gasteiger partial charge in [0.15, 0.2) is 0 Å². The van der Waals surface area contributed by atoms with Crippen LogP contribution in [0.4, 0.5) is 15.9 Å². The average molecular weight is 327 g/mol. The van der Waals surface area contributed by atoms with Crippen molar-refractivity contribution in [1.82, 2.24) is 15.0 Å². The largest absolute Gasteiger partial charge is 0.497 e. The van der Waals surface area contributed by atoms with Crippen molar-refractivity contribution < 1.29 is 10.5 Å². The van der Waals surface area contributed by atoms with Gasteiger partial charge in [0.05, 0.1) is 40.8 Å². The first-order valence-electron chi connectivity index (χ1n) is 7.27. The van der Waals surface area contributed by atoms with Crippen molar-refractivity contribution in [3.05, 3.63) is 48.0 Å². The highest BCUT2D eigenvalue weighted by Crippen LogP contribution is 2.33. The summed E-state index contributed by atoms with van der Waals surface area (Å²) in [7, 11) is 1.48. The summed E-state index contributed by atoms with van der Waals surface area (Å²) in [5.74, 6) is 0.464. The van der Waals surface area contributed by atoms with Crippen LogP contribution in [0.2, 0.25) is 0 Å². The minimum absolute atomic E-state index is 0.211. The molecular formula is C16H11FN4OS. The molecule has 0 atom stereocenters. The van der Waals surface area contributed by atoms with E-state index in [1.807, 2.05) is 12.1 Å². The van der Waals surface area contributed by atoms with Crippen molar-refractivity contribution in [3.8, 4) is 5.75 Å². The smallest absolute Gasteiger partial charge is 0.150 e. The molecule has 114 valence electrons. The fourth-order valence-electron chi connectivity index (χ4n) is 2.37. The van der Waals surface area contributed by atoms with Crippen LogP contribution in [0, 0.1) is 5.82 Å². The molecule has 2 aromatic carbocycles. The SMILES string of the molecule is [2H]c1nc2ccc3ncnc(Nc4ccc(OC)cc4F)c3c2s1. The summed E-state index contributed by atoms with van der Waals surface area (Å²) in [5, 5.41) is 3.73. The van der Waals surface area contributed by atoms with Gasteiger partial charge in [0.25, 0.3) is 0 Å². The van der Waals surface area contributed by atoms with Crippen molar-refractivity contribution in [3.63, 3.8) is 0 Å². The van der Waals surface area contributed by atoms with E-state index in [4.69, 9.17) is 6.11 Å². The van der Waals surface area contributed by atoms with Gasteiger partial charge in [0.2, 0.25) is 0 Å². The Morgan fingerprint density at radius 2 is 2.04 bits per heavy atom. The van der Waals surface area contributed by atoms with Crippen molar-refractivity contribution in [2.24, 2.45) is 0 Å². The number of methoxy groups -OCH3 is 1. The second-order valence-electron chi connectivity index (χ2n) is 4.81. The number of aromatic nitrogens is 3. The Kier molecular flexibility index (Phi) is 3.01. The molecule has 0 saturated heterocycles. The maximum atomic E-state index is 14.2. The van der Waals surface area contributed by atoms with E-state index in [2.05, 4.69) is 20.3 Å². The Hall–Kier alpha value is -2.80. The standard InChI is InChI=1S/C16H11FN4OS/c1-22-9-2-3-11(10(17)6-9)21-16-14-12(18-7-19-16)4-5-13-15(14)23-8-20-13/h2-8H,1H3,(H,18,19,21)/i8D. The van der Waals surface area contributed by atoms with Crippen molar-refractivity contribution in [1.29, 1.82) is 0 Å². The molecule has 0 spiro atoms. The van der Waals surface area contributed by atoms with Gasteiger partial charge in [-0.2, -0.15) is 0 Å². The molecular weight excluding hydrogens is 315 g/mol. The molecule has 2 aromatic heterocycles. The average Bonchev–Trinajstić information content (AvgIpc) is 2.97. The Morgan fingerprint density at radius 3 is 2.87 bits per heavy atom. The van der Waals surface area contributed by atoms with Crippen LogP contribution < -0.4 is 10.1 Å². The Morgan fingerprint density at radius 1 is 1.17 bits per heavy atom. The van der Waals surface area contributed by atoms with Gasteiger partial charge in [-0.05, 0) is 24.3 Å². The van der Waals surface area contributed by atoms with Crippen molar-refractivity contribution >= 4 is 44.0 Å². The fraction of sp³-hybridized carbons (Fsp3) is 0.0625. The zero-order valence-corrected chi connectivity index (χ0v) is 12.8. The normalized spacial score (nSPS) is 11.7. The molecule has 0 aliphatic rings. The molecule has 4 rings (SSSR count). The number of nitrogens with zero attached hydrogens (tertiary/aromatic N) is 3. The van der Waals surface area contributed by atoms with Gasteiger partial charge < -0.3 is 10.1 Å². The highest BCUT2D eigenvalue weighted by Gasteiger charge is 2.12. The van der Waals surface area contributed by atoms with Gasteiger partial charge in [-0.25, -0.2) is 19.3 Å². The van der Waals surface area contributed by atoms with Gasteiger partial charge in [-0.1, -0.05) is 0 Å². The third kappa shape index (κ3) is 2.35. The van der Waals surface area contributed by atoms with E-state index < -0.39 is 5.82 Å². The maximum absolute atomic E-state index is 14.2. The van der Waals surface area contributed by atoms with Crippen LogP contribution in [-0.2, 0) is 0 Å². The number of halogens is 1. The van der Waals surface area contributed by atoms with Crippen LogP contribution in [0.25, 0.3) is 21.1 Å². The molecule has 0 fully saturated rings. The predicted octanol–water partition coefficient (Wildman–Crippen LogP) is 4.13. The first kappa shape index (κ1) is 12.7. The van der Waals surface area contributed by atoms with E-state index in [1.165, 1.54) is 30.8 Å². The van der Waals surface area contributed by atoms with E-state index in [1.54, 1.807) is 12.1 Å². The summed E-state index contributed by atoms with van der Waals surface area (Å²) < 4.78 is 27.8. The molecule has 5 nitrogen and oxygen atoms in total. The number of hydrogen-bond donors (Lipinski definition) is 1. The van der Waals surface area contributed by atoms with Gasteiger partial charge in [-0.3, -0.25) is 0 Å². The van der Waals surface area contributed by atoms with E-state index in [0.717, 1.165) is 10.1 Å². The van der Waals surface area contributed by atoms with E-state index in [-0.39, 0.29) is 11.2 Å². The Balaban J connectivity index is 1.89. The minimum atomic E-state index is -0.446. The van der Waals surface area contributed by atoms with Gasteiger partial charge >= 0.3 is 0 Å². The molecule has 0 aliphatic heterocycles. The number of anilines is 2. The number of hydrogen-bond acceptors (Lipinski definition) is 6. The second kappa shape index (κ2) is 5.44. The van der Waals surface area contributed by atoms with Crippen LogP contribution in [0.5, 0.6) is 5.75 Å². The lowest BCUT2D eigenvalue weighted by Gasteiger charge is -2.10. The Labute approximate surface area is 136 Å². The summed E-state index contributed by atoms with van der Waals surface area (Å²) in [6.45, 7) is 0. The molecule has 4 aromatic rings. The lowest BCUT2D eigenvalue weighted by Crippen LogP contribution is -1.98. The van der Waals surface area contributed by atoms with Gasteiger partial charge in [0, 0.05) is 6.07 Å². The summed E-state index contributed by atoms with van der Waals surface area (Å²) in [6.07, 6.45) is 1.42. The molecule has 0 radical (unpaired) electrons. The van der Waals surface area contributed by atoms with Gasteiger partial charge in [-0.15, -0.1) is 11.3 Å². The van der Waals surface area contributed by atoms with E-state index >= 15 is 0 Å². The summed E-state index contributed by atoms with van der Waals surface area (Å²) in [5.41, 5.74) is 1.90. The number of thiazole rings is 1. The lowest BCUT2D eigenvalue weighted by atomic mass is 10.2. The number of ether oxygens (including phenoxy) is 1. The van der Waals surface area contributed by atoms with Crippen LogP contribution in [0.15, 0.2) is 42.1 Å². The number of rotatable bonds is 3. The number of fused-ring (bicyclic) bond motifs is 3. The summed E-state index contributed by atoms with van der Waals surface area (Å²) >= 11 is 1.24. The highest BCUT2D eigenvalue weighted by atomic mass is 32.1. The van der Waals surface area contributed by atoms with E-state index in [0.29, 0.717) is 22.6 Å². The summed E-state index contributed by atoms with van der Waals surface area (Å²) in [6, 6.07) is 8.19. The molecule has 0 amide bonds. The number of benzene rings is 2. The van der Waals surface area contributed by atoms with Gasteiger partial charge in [0.1, 0.15) is 23.7 Å².